The maximum atomic E-state index is 11.4. The molecule has 2 aromatic rings. The molecule has 82 valence electrons. The zero-order valence-corrected chi connectivity index (χ0v) is 8.60. The van der Waals surface area contributed by atoms with E-state index in [1.165, 1.54) is 6.26 Å². The van der Waals surface area contributed by atoms with Crippen LogP contribution < -0.4 is 10.6 Å². The summed E-state index contributed by atoms with van der Waals surface area (Å²) in [6.07, 6.45) is 3.05. The topological polar surface area (TPSA) is 80.0 Å². The van der Waals surface area contributed by atoms with Gasteiger partial charge < -0.3 is 4.52 Å². The first-order valence-electron chi connectivity index (χ1n) is 4.65. The normalized spacial score (nSPS) is 9.81. The monoisotopic (exact) mass is 218 g/mol. The quantitative estimate of drug-likeness (QED) is 0.808. The number of rotatable bonds is 2. The third-order valence-electron chi connectivity index (χ3n) is 1.83. The lowest BCUT2D eigenvalue weighted by Crippen LogP contribution is -2.20. The Morgan fingerprint density at radius 3 is 2.69 bits per heavy atom. The van der Waals surface area contributed by atoms with Crippen molar-refractivity contribution in [1.82, 2.24) is 10.1 Å². The summed E-state index contributed by atoms with van der Waals surface area (Å²) in [6, 6.07) is 4.71. The van der Waals surface area contributed by atoms with Gasteiger partial charge in [0, 0.05) is 12.3 Å². The van der Waals surface area contributed by atoms with Gasteiger partial charge in [-0.1, -0.05) is 11.2 Å². The summed E-state index contributed by atoms with van der Waals surface area (Å²) in [6.45, 7) is 1.92. The van der Waals surface area contributed by atoms with Crippen LogP contribution in [0.5, 0.6) is 0 Å². The van der Waals surface area contributed by atoms with Gasteiger partial charge in [-0.25, -0.2) is 9.78 Å². The lowest BCUT2D eigenvalue weighted by atomic mass is 10.3. The lowest BCUT2D eigenvalue weighted by molar-refractivity contribution is 0.262. The number of nitrogens with zero attached hydrogens (tertiary/aromatic N) is 2. The highest BCUT2D eigenvalue weighted by atomic mass is 16.5. The molecule has 2 rings (SSSR count). The molecule has 16 heavy (non-hydrogen) atoms. The van der Waals surface area contributed by atoms with Crippen LogP contribution in [0, 0.1) is 6.92 Å². The van der Waals surface area contributed by atoms with E-state index in [9.17, 15) is 4.79 Å². The Bertz CT molecular complexity index is 464. The highest BCUT2D eigenvalue weighted by Gasteiger charge is 2.04. The molecule has 0 radical (unpaired) electrons. The second kappa shape index (κ2) is 4.43. The van der Waals surface area contributed by atoms with E-state index < -0.39 is 6.03 Å². The summed E-state index contributed by atoms with van der Waals surface area (Å²) in [5.74, 6) is 0.830. The van der Waals surface area contributed by atoms with Crippen LogP contribution in [0.25, 0.3) is 0 Å². The molecule has 6 nitrogen and oxygen atoms in total. The average Bonchev–Trinajstić information content (AvgIpc) is 2.74. The summed E-state index contributed by atoms with van der Waals surface area (Å²) in [4.78, 5) is 15.5. The van der Waals surface area contributed by atoms with Gasteiger partial charge in [-0.2, -0.15) is 0 Å². The molecule has 0 unspecified atom stereocenters. The van der Waals surface area contributed by atoms with Crippen molar-refractivity contribution < 1.29 is 9.32 Å². The molecular formula is C10H10N4O2. The van der Waals surface area contributed by atoms with Crippen LogP contribution in [0.2, 0.25) is 0 Å². The van der Waals surface area contributed by atoms with Crippen molar-refractivity contribution in [3.63, 3.8) is 0 Å². The Labute approximate surface area is 91.7 Å². The van der Waals surface area contributed by atoms with Crippen molar-refractivity contribution >= 4 is 17.7 Å². The highest BCUT2D eigenvalue weighted by Crippen LogP contribution is 2.05. The molecule has 0 aliphatic carbocycles. The minimum Gasteiger partial charge on any atom is -0.363 e. The molecule has 2 N–H and O–H groups in total. The molecule has 2 aromatic heterocycles. The summed E-state index contributed by atoms with van der Waals surface area (Å²) >= 11 is 0. The average molecular weight is 218 g/mol. The molecule has 0 spiro atoms. The molecule has 0 atom stereocenters. The molecule has 0 aromatic carbocycles. The number of amides is 2. The number of hydrogen-bond donors (Lipinski definition) is 2. The van der Waals surface area contributed by atoms with Gasteiger partial charge in [0.1, 0.15) is 12.1 Å². The first-order chi connectivity index (χ1) is 7.74. The molecule has 0 aliphatic rings. The van der Waals surface area contributed by atoms with Crippen molar-refractivity contribution in [3.05, 3.63) is 36.2 Å². The summed E-state index contributed by atoms with van der Waals surface area (Å²) in [5.41, 5.74) is 1.03. The van der Waals surface area contributed by atoms with Crippen LogP contribution in [-0.4, -0.2) is 16.2 Å². The fraction of sp³-hybridized carbons (Fsp3) is 0.100. The van der Waals surface area contributed by atoms with Crippen molar-refractivity contribution in [3.8, 4) is 0 Å². The van der Waals surface area contributed by atoms with E-state index in [1.807, 2.05) is 13.0 Å². The van der Waals surface area contributed by atoms with Crippen LogP contribution in [0.3, 0.4) is 0 Å². The molecular weight excluding hydrogens is 208 g/mol. The van der Waals surface area contributed by atoms with Crippen LogP contribution in [0.4, 0.5) is 16.4 Å². The summed E-state index contributed by atoms with van der Waals surface area (Å²) < 4.78 is 4.57. The number of aryl methyl sites for hydroxylation is 1. The number of hydrogen-bond acceptors (Lipinski definition) is 4. The Balaban J connectivity index is 1.95. The molecule has 0 saturated heterocycles. The number of carbonyl (C=O) groups is 1. The molecule has 0 bridgehead atoms. The fourth-order valence-corrected chi connectivity index (χ4v) is 1.08. The van der Waals surface area contributed by atoms with Gasteiger partial charge in [-0.3, -0.25) is 10.6 Å². The minimum atomic E-state index is -0.412. The van der Waals surface area contributed by atoms with Gasteiger partial charge in [0.15, 0.2) is 5.82 Å². The Morgan fingerprint density at radius 1 is 1.25 bits per heavy atom. The van der Waals surface area contributed by atoms with Crippen molar-refractivity contribution in [2.75, 3.05) is 10.6 Å². The third-order valence-corrected chi connectivity index (χ3v) is 1.83. The van der Waals surface area contributed by atoms with Gasteiger partial charge >= 0.3 is 6.03 Å². The van der Waals surface area contributed by atoms with Crippen molar-refractivity contribution in [1.29, 1.82) is 0 Å². The number of urea groups is 1. The molecule has 2 heterocycles. The van der Waals surface area contributed by atoms with E-state index in [0.29, 0.717) is 11.6 Å². The molecule has 2 amide bonds. The maximum Gasteiger partial charge on any atom is 0.326 e. The van der Waals surface area contributed by atoms with Crippen LogP contribution in [0.1, 0.15) is 5.56 Å². The van der Waals surface area contributed by atoms with E-state index in [2.05, 4.69) is 25.3 Å². The lowest BCUT2D eigenvalue weighted by Gasteiger charge is -2.03. The van der Waals surface area contributed by atoms with Crippen LogP contribution in [0.15, 0.2) is 35.2 Å². The van der Waals surface area contributed by atoms with Crippen molar-refractivity contribution in [2.24, 2.45) is 0 Å². The number of carbonyl (C=O) groups excluding carboxylic acids is 1. The second-order valence-corrected chi connectivity index (χ2v) is 3.18. The van der Waals surface area contributed by atoms with Crippen molar-refractivity contribution in [2.45, 2.75) is 6.92 Å². The zero-order valence-electron chi connectivity index (χ0n) is 8.60. The predicted octanol–water partition coefficient (Wildman–Crippen LogP) is 2.02. The molecule has 6 heteroatoms. The zero-order chi connectivity index (χ0) is 11.4. The van der Waals surface area contributed by atoms with E-state index >= 15 is 0 Å². The molecule has 0 saturated carbocycles. The predicted molar refractivity (Wildman–Crippen MR) is 58.1 cm³/mol. The SMILES string of the molecule is Cc1ccc(NC(=O)Nc2ccon2)nc1. The highest BCUT2D eigenvalue weighted by molar-refractivity contribution is 5.98. The Morgan fingerprint density at radius 2 is 2.06 bits per heavy atom. The number of aromatic nitrogens is 2. The minimum absolute atomic E-state index is 0.351. The maximum absolute atomic E-state index is 11.4. The van der Waals surface area contributed by atoms with Gasteiger partial charge in [0.25, 0.3) is 0 Å². The third kappa shape index (κ3) is 2.57. The first-order valence-corrected chi connectivity index (χ1v) is 4.65. The Kier molecular flexibility index (Phi) is 2.81. The largest absolute Gasteiger partial charge is 0.363 e. The van der Waals surface area contributed by atoms with Gasteiger partial charge in [-0.15, -0.1) is 0 Å². The fourth-order valence-electron chi connectivity index (χ4n) is 1.08. The Hall–Kier alpha value is -2.37. The van der Waals surface area contributed by atoms with Gasteiger partial charge in [0.05, 0.1) is 0 Å². The first kappa shape index (κ1) is 10.2. The molecule has 0 fully saturated rings. The smallest absolute Gasteiger partial charge is 0.326 e. The number of pyridine rings is 1. The van der Waals surface area contributed by atoms with E-state index in [1.54, 1.807) is 18.3 Å². The van der Waals surface area contributed by atoms with Crippen LogP contribution in [-0.2, 0) is 0 Å². The summed E-state index contributed by atoms with van der Waals surface area (Å²) in [5, 5.41) is 8.60. The second-order valence-electron chi connectivity index (χ2n) is 3.18. The summed E-state index contributed by atoms with van der Waals surface area (Å²) in [7, 11) is 0. The van der Waals surface area contributed by atoms with Crippen LogP contribution >= 0.6 is 0 Å². The van der Waals surface area contributed by atoms with E-state index in [-0.39, 0.29) is 0 Å². The van der Waals surface area contributed by atoms with Gasteiger partial charge in [-0.05, 0) is 18.6 Å². The van der Waals surface area contributed by atoms with Gasteiger partial charge in [0.2, 0.25) is 0 Å². The number of anilines is 2. The van der Waals surface area contributed by atoms with E-state index in [0.717, 1.165) is 5.56 Å². The standard InChI is InChI=1S/C10H10N4O2/c1-7-2-3-8(11-6-7)12-10(15)13-9-4-5-16-14-9/h2-6H,1H3,(H2,11,12,13,14,15). The number of nitrogens with one attached hydrogen (secondary N) is 2. The van der Waals surface area contributed by atoms with E-state index in [4.69, 9.17) is 0 Å². The molecule has 0 aliphatic heterocycles.